The van der Waals surface area contributed by atoms with E-state index in [9.17, 15) is 4.79 Å². The second-order valence-corrected chi connectivity index (χ2v) is 7.19. The SMILES string of the molecule is O=C(C(c1ccccc1)N1CCCC1)N1CCCC(c2ccn[nH]2)C1. The molecule has 5 heteroatoms. The highest BCUT2D eigenvalue weighted by Gasteiger charge is 2.35. The third kappa shape index (κ3) is 3.47. The van der Waals surface area contributed by atoms with Gasteiger partial charge in [-0.25, -0.2) is 0 Å². The molecule has 132 valence electrons. The molecule has 1 aromatic heterocycles. The molecule has 2 aliphatic heterocycles. The highest BCUT2D eigenvalue weighted by molar-refractivity contribution is 5.83. The molecule has 2 fully saturated rings. The van der Waals surface area contributed by atoms with Gasteiger partial charge in [0, 0.05) is 30.9 Å². The maximum atomic E-state index is 13.5. The van der Waals surface area contributed by atoms with E-state index in [4.69, 9.17) is 0 Å². The van der Waals surface area contributed by atoms with Gasteiger partial charge in [-0.1, -0.05) is 30.3 Å². The first-order valence-electron chi connectivity index (χ1n) is 9.40. The summed E-state index contributed by atoms with van der Waals surface area (Å²) in [6.45, 7) is 3.69. The molecule has 1 aromatic carbocycles. The third-order valence-electron chi connectivity index (χ3n) is 5.55. The van der Waals surface area contributed by atoms with Gasteiger partial charge in [0.05, 0.1) is 0 Å². The topological polar surface area (TPSA) is 52.2 Å². The molecule has 4 rings (SSSR count). The molecule has 3 heterocycles. The van der Waals surface area contributed by atoms with Crippen molar-refractivity contribution in [3.63, 3.8) is 0 Å². The minimum atomic E-state index is -0.135. The molecule has 1 N–H and O–H groups in total. The van der Waals surface area contributed by atoms with Gasteiger partial charge in [0.2, 0.25) is 5.91 Å². The zero-order valence-corrected chi connectivity index (χ0v) is 14.6. The third-order valence-corrected chi connectivity index (χ3v) is 5.55. The molecule has 0 saturated carbocycles. The summed E-state index contributed by atoms with van der Waals surface area (Å²) in [6.07, 6.45) is 6.34. The monoisotopic (exact) mass is 338 g/mol. The zero-order chi connectivity index (χ0) is 17.1. The van der Waals surface area contributed by atoms with Crippen LogP contribution in [-0.4, -0.2) is 52.1 Å². The number of H-pyrrole nitrogens is 1. The van der Waals surface area contributed by atoms with E-state index in [1.807, 2.05) is 24.3 Å². The molecule has 2 atom stereocenters. The lowest BCUT2D eigenvalue weighted by atomic mass is 9.93. The van der Waals surface area contributed by atoms with E-state index in [2.05, 4.69) is 32.1 Å². The van der Waals surface area contributed by atoms with Crippen LogP contribution < -0.4 is 0 Å². The summed E-state index contributed by atoms with van der Waals surface area (Å²) in [5.74, 6) is 0.632. The van der Waals surface area contributed by atoms with Crippen LogP contribution in [0.25, 0.3) is 0 Å². The Morgan fingerprint density at radius 3 is 2.60 bits per heavy atom. The van der Waals surface area contributed by atoms with Crippen LogP contribution in [0, 0.1) is 0 Å². The van der Waals surface area contributed by atoms with E-state index in [1.165, 1.54) is 12.8 Å². The first-order chi connectivity index (χ1) is 12.3. The van der Waals surface area contributed by atoms with Crippen LogP contribution in [0.5, 0.6) is 0 Å². The van der Waals surface area contributed by atoms with E-state index in [1.54, 1.807) is 6.20 Å². The van der Waals surface area contributed by atoms with Crippen LogP contribution >= 0.6 is 0 Å². The van der Waals surface area contributed by atoms with Crippen molar-refractivity contribution in [1.29, 1.82) is 0 Å². The Bertz CT molecular complexity index is 679. The largest absolute Gasteiger partial charge is 0.340 e. The number of rotatable bonds is 4. The predicted octanol–water partition coefficient (Wildman–Crippen LogP) is 2.95. The fourth-order valence-electron chi connectivity index (χ4n) is 4.24. The predicted molar refractivity (Wildman–Crippen MR) is 97.1 cm³/mol. The van der Waals surface area contributed by atoms with Crippen molar-refractivity contribution in [2.75, 3.05) is 26.2 Å². The Balaban J connectivity index is 1.55. The van der Waals surface area contributed by atoms with Crippen LogP contribution in [0.1, 0.15) is 48.9 Å². The molecule has 2 unspecified atom stereocenters. The second-order valence-electron chi connectivity index (χ2n) is 7.19. The van der Waals surface area contributed by atoms with Gasteiger partial charge in [-0.05, 0) is 50.4 Å². The highest BCUT2D eigenvalue weighted by Crippen LogP contribution is 2.31. The number of aromatic nitrogens is 2. The normalized spacial score (nSPS) is 22.9. The number of nitrogens with zero attached hydrogens (tertiary/aromatic N) is 3. The minimum absolute atomic E-state index is 0.135. The molecule has 0 bridgehead atoms. The highest BCUT2D eigenvalue weighted by atomic mass is 16.2. The van der Waals surface area contributed by atoms with Crippen molar-refractivity contribution in [2.24, 2.45) is 0 Å². The van der Waals surface area contributed by atoms with Gasteiger partial charge in [0.1, 0.15) is 6.04 Å². The van der Waals surface area contributed by atoms with Crippen molar-refractivity contribution >= 4 is 5.91 Å². The van der Waals surface area contributed by atoms with Crippen LogP contribution in [-0.2, 0) is 4.79 Å². The fourth-order valence-corrected chi connectivity index (χ4v) is 4.24. The Morgan fingerprint density at radius 2 is 1.88 bits per heavy atom. The average molecular weight is 338 g/mol. The smallest absolute Gasteiger partial charge is 0.244 e. The van der Waals surface area contributed by atoms with Crippen LogP contribution in [0.3, 0.4) is 0 Å². The Labute approximate surface area is 149 Å². The molecule has 2 aromatic rings. The maximum Gasteiger partial charge on any atom is 0.244 e. The Kier molecular flexibility index (Phi) is 4.83. The molecular weight excluding hydrogens is 312 g/mol. The number of likely N-dealkylation sites (tertiary alicyclic amines) is 2. The summed E-state index contributed by atoms with van der Waals surface area (Å²) < 4.78 is 0. The van der Waals surface area contributed by atoms with E-state index in [-0.39, 0.29) is 11.9 Å². The second kappa shape index (κ2) is 7.40. The maximum absolute atomic E-state index is 13.5. The number of benzene rings is 1. The van der Waals surface area contributed by atoms with Gasteiger partial charge < -0.3 is 4.90 Å². The summed E-state index contributed by atoms with van der Waals surface area (Å²) in [6, 6.07) is 12.2. The van der Waals surface area contributed by atoms with Crippen LogP contribution in [0.2, 0.25) is 0 Å². The summed E-state index contributed by atoms with van der Waals surface area (Å²) in [7, 11) is 0. The standard InChI is InChI=1S/C20H26N4O/c25-20(24-14-6-9-17(15-24)18-10-11-21-22-18)19(23-12-4-5-13-23)16-7-2-1-3-8-16/h1-3,7-8,10-11,17,19H,4-6,9,12-15H2,(H,21,22). The van der Waals surface area contributed by atoms with Gasteiger partial charge in [0.25, 0.3) is 0 Å². The van der Waals surface area contributed by atoms with Crippen molar-refractivity contribution < 1.29 is 4.79 Å². The number of piperidine rings is 1. The number of carbonyl (C=O) groups is 1. The first-order valence-corrected chi connectivity index (χ1v) is 9.40. The fraction of sp³-hybridized carbons (Fsp3) is 0.500. The zero-order valence-electron chi connectivity index (χ0n) is 14.6. The number of carbonyl (C=O) groups excluding carboxylic acids is 1. The lowest BCUT2D eigenvalue weighted by Gasteiger charge is -2.37. The van der Waals surface area contributed by atoms with E-state index in [0.717, 1.165) is 50.3 Å². The van der Waals surface area contributed by atoms with Crippen molar-refractivity contribution in [2.45, 2.75) is 37.6 Å². The molecule has 0 radical (unpaired) electrons. The summed E-state index contributed by atoms with van der Waals surface area (Å²) >= 11 is 0. The van der Waals surface area contributed by atoms with Crippen LogP contribution in [0.15, 0.2) is 42.6 Å². The first kappa shape index (κ1) is 16.3. The number of nitrogens with one attached hydrogen (secondary N) is 1. The van der Waals surface area contributed by atoms with Gasteiger partial charge in [-0.15, -0.1) is 0 Å². The number of amides is 1. The number of hydrogen-bond donors (Lipinski definition) is 1. The van der Waals surface area contributed by atoms with E-state index < -0.39 is 0 Å². The number of hydrogen-bond acceptors (Lipinski definition) is 3. The quantitative estimate of drug-likeness (QED) is 0.932. The molecule has 0 aliphatic carbocycles. The summed E-state index contributed by atoms with van der Waals surface area (Å²) in [4.78, 5) is 17.9. The Morgan fingerprint density at radius 1 is 1.08 bits per heavy atom. The lowest BCUT2D eigenvalue weighted by molar-refractivity contribution is -0.138. The van der Waals surface area contributed by atoms with E-state index >= 15 is 0 Å². The minimum Gasteiger partial charge on any atom is -0.340 e. The molecule has 2 saturated heterocycles. The van der Waals surface area contributed by atoms with Crippen LogP contribution in [0.4, 0.5) is 0 Å². The van der Waals surface area contributed by atoms with Crippen molar-refractivity contribution in [1.82, 2.24) is 20.0 Å². The molecule has 1 amide bonds. The number of aromatic amines is 1. The molecular formula is C20H26N4O. The average Bonchev–Trinajstić information content (AvgIpc) is 3.37. The van der Waals surface area contributed by atoms with Crippen molar-refractivity contribution in [3.05, 3.63) is 53.9 Å². The summed E-state index contributed by atoms with van der Waals surface area (Å²) in [5, 5.41) is 7.16. The van der Waals surface area contributed by atoms with Gasteiger partial charge in [0.15, 0.2) is 0 Å². The van der Waals surface area contributed by atoms with E-state index in [0.29, 0.717) is 5.92 Å². The van der Waals surface area contributed by atoms with Gasteiger partial charge in [-0.2, -0.15) is 5.10 Å². The molecule has 25 heavy (non-hydrogen) atoms. The van der Waals surface area contributed by atoms with Gasteiger partial charge in [-0.3, -0.25) is 14.8 Å². The molecule has 5 nitrogen and oxygen atoms in total. The Hall–Kier alpha value is -2.14. The van der Waals surface area contributed by atoms with Crippen molar-refractivity contribution in [3.8, 4) is 0 Å². The molecule has 0 spiro atoms. The molecule has 2 aliphatic rings. The lowest BCUT2D eigenvalue weighted by Crippen LogP contribution is -2.46. The van der Waals surface area contributed by atoms with Gasteiger partial charge >= 0.3 is 0 Å². The summed E-state index contributed by atoms with van der Waals surface area (Å²) in [5.41, 5.74) is 2.27.